The van der Waals surface area contributed by atoms with Gasteiger partial charge in [-0.25, -0.2) is 0 Å². The lowest BCUT2D eigenvalue weighted by Crippen LogP contribution is -2.08. The smallest absolute Gasteiger partial charge is 0.00182 e. The van der Waals surface area contributed by atoms with Crippen LogP contribution in [0, 0.1) is 5.92 Å². The molecule has 14 heavy (non-hydrogen) atoms. The zero-order chi connectivity index (χ0) is 10.0. The molecule has 0 bridgehead atoms. The van der Waals surface area contributed by atoms with Gasteiger partial charge in [-0.15, -0.1) is 0 Å². The molecule has 0 N–H and O–H groups in total. The van der Waals surface area contributed by atoms with Crippen LogP contribution >= 0.6 is 0 Å². The standard InChI is InChI=1S/C14H20/c1-3-4-10-14(11-12(14)2)13-8-6-5-7-9-13/h5-9,12H,3-4,10-11H2,1-2H3/t12?,14-/m1/s1. The Balaban J connectivity index is 2.14. The van der Waals surface area contributed by atoms with Crippen LogP contribution in [0.2, 0.25) is 0 Å². The van der Waals surface area contributed by atoms with Gasteiger partial charge < -0.3 is 0 Å². The average molecular weight is 188 g/mol. The number of hydrogen-bond acceptors (Lipinski definition) is 0. The van der Waals surface area contributed by atoms with Gasteiger partial charge >= 0.3 is 0 Å². The van der Waals surface area contributed by atoms with Gasteiger partial charge in [0, 0.05) is 0 Å². The summed E-state index contributed by atoms with van der Waals surface area (Å²) in [4.78, 5) is 0. The van der Waals surface area contributed by atoms with Crippen molar-refractivity contribution in [3.8, 4) is 0 Å². The van der Waals surface area contributed by atoms with Crippen molar-refractivity contribution in [1.29, 1.82) is 0 Å². The predicted octanol–water partition coefficient (Wildman–Crippen LogP) is 4.15. The first-order valence-electron chi connectivity index (χ1n) is 5.85. The number of unbranched alkanes of at least 4 members (excludes halogenated alkanes) is 1. The Morgan fingerprint density at radius 1 is 1.29 bits per heavy atom. The maximum atomic E-state index is 2.39. The van der Waals surface area contributed by atoms with E-state index in [1.54, 1.807) is 5.56 Å². The molecule has 1 aliphatic rings. The van der Waals surface area contributed by atoms with E-state index in [0.29, 0.717) is 5.41 Å². The first-order valence-corrected chi connectivity index (χ1v) is 5.85. The molecule has 1 aliphatic carbocycles. The van der Waals surface area contributed by atoms with Crippen molar-refractivity contribution in [2.24, 2.45) is 5.92 Å². The molecule has 0 saturated heterocycles. The Kier molecular flexibility index (Phi) is 2.62. The van der Waals surface area contributed by atoms with Crippen LogP contribution in [-0.2, 0) is 5.41 Å². The summed E-state index contributed by atoms with van der Waals surface area (Å²) < 4.78 is 0. The molecule has 2 atom stereocenters. The highest BCUT2D eigenvalue weighted by molar-refractivity contribution is 5.32. The van der Waals surface area contributed by atoms with Gasteiger partial charge in [-0.05, 0) is 29.7 Å². The van der Waals surface area contributed by atoms with Crippen LogP contribution in [0.4, 0.5) is 0 Å². The van der Waals surface area contributed by atoms with E-state index >= 15 is 0 Å². The van der Waals surface area contributed by atoms with Crippen molar-refractivity contribution < 1.29 is 0 Å². The van der Waals surface area contributed by atoms with E-state index in [1.165, 1.54) is 25.7 Å². The van der Waals surface area contributed by atoms with Crippen LogP contribution in [-0.4, -0.2) is 0 Å². The van der Waals surface area contributed by atoms with E-state index < -0.39 is 0 Å². The van der Waals surface area contributed by atoms with Gasteiger partial charge in [0.25, 0.3) is 0 Å². The average Bonchev–Trinajstić information content (AvgIpc) is 2.89. The molecule has 0 amide bonds. The maximum Gasteiger partial charge on any atom is -0.00182 e. The Labute approximate surface area is 87.3 Å². The predicted molar refractivity (Wildman–Crippen MR) is 61.4 cm³/mol. The van der Waals surface area contributed by atoms with Gasteiger partial charge in [-0.3, -0.25) is 0 Å². The zero-order valence-corrected chi connectivity index (χ0v) is 9.29. The van der Waals surface area contributed by atoms with Crippen LogP contribution in [0.5, 0.6) is 0 Å². The zero-order valence-electron chi connectivity index (χ0n) is 9.29. The van der Waals surface area contributed by atoms with Crippen molar-refractivity contribution in [2.45, 2.75) is 44.9 Å². The molecule has 0 aromatic heterocycles. The normalized spacial score (nSPS) is 30.3. The van der Waals surface area contributed by atoms with Crippen LogP contribution < -0.4 is 0 Å². The third-order valence-electron chi connectivity index (χ3n) is 3.78. The highest BCUT2D eigenvalue weighted by atomic mass is 14.5. The highest BCUT2D eigenvalue weighted by Crippen LogP contribution is 2.57. The minimum Gasteiger partial charge on any atom is -0.0654 e. The lowest BCUT2D eigenvalue weighted by Gasteiger charge is -2.16. The van der Waals surface area contributed by atoms with Crippen molar-refractivity contribution in [2.75, 3.05) is 0 Å². The molecule has 0 aliphatic heterocycles. The Bertz CT molecular complexity index is 288. The molecule has 1 unspecified atom stereocenters. The second kappa shape index (κ2) is 3.76. The molecule has 0 heteroatoms. The minimum absolute atomic E-state index is 0.553. The molecule has 76 valence electrons. The minimum atomic E-state index is 0.553. The van der Waals surface area contributed by atoms with Gasteiger partial charge in [0.05, 0.1) is 0 Å². The Hall–Kier alpha value is -0.780. The van der Waals surface area contributed by atoms with Crippen LogP contribution in [0.25, 0.3) is 0 Å². The van der Waals surface area contributed by atoms with Gasteiger partial charge in [0.1, 0.15) is 0 Å². The molecule has 2 rings (SSSR count). The lowest BCUT2D eigenvalue weighted by atomic mass is 9.88. The van der Waals surface area contributed by atoms with Crippen molar-refractivity contribution in [3.05, 3.63) is 35.9 Å². The molecular formula is C14H20. The summed E-state index contributed by atoms with van der Waals surface area (Å²) in [6.45, 7) is 4.68. The number of rotatable bonds is 4. The summed E-state index contributed by atoms with van der Waals surface area (Å²) in [6.07, 6.45) is 5.48. The summed E-state index contributed by atoms with van der Waals surface area (Å²) in [5.41, 5.74) is 2.12. The van der Waals surface area contributed by atoms with Crippen LogP contribution in [0.3, 0.4) is 0 Å². The Morgan fingerprint density at radius 2 is 1.93 bits per heavy atom. The van der Waals surface area contributed by atoms with Crippen molar-refractivity contribution in [3.63, 3.8) is 0 Å². The second-order valence-electron chi connectivity index (χ2n) is 4.73. The molecule has 0 spiro atoms. The van der Waals surface area contributed by atoms with E-state index in [1.807, 2.05) is 0 Å². The monoisotopic (exact) mass is 188 g/mol. The third kappa shape index (κ3) is 1.58. The lowest BCUT2D eigenvalue weighted by molar-refractivity contribution is 0.539. The molecule has 1 fully saturated rings. The van der Waals surface area contributed by atoms with E-state index in [0.717, 1.165) is 5.92 Å². The topological polar surface area (TPSA) is 0 Å². The largest absolute Gasteiger partial charge is 0.0654 e. The summed E-state index contributed by atoms with van der Waals surface area (Å²) >= 11 is 0. The quantitative estimate of drug-likeness (QED) is 0.665. The van der Waals surface area contributed by atoms with Gasteiger partial charge in [0.15, 0.2) is 0 Å². The first-order chi connectivity index (χ1) is 6.79. The maximum absolute atomic E-state index is 2.39. The SMILES string of the molecule is CCCC[C@@]1(c2ccccc2)CC1C. The van der Waals surface area contributed by atoms with E-state index in [4.69, 9.17) is 0 Å². The molecule has 1 saturated carbocycles. The molecule has 0 heterocycles. The molecule has 0 radical (unpaired) electrons. The summed E-state index contributed by atoms with van der Waals surface area (Å²) in [5, 5.41) is 0. The summed E-state index contributed by atoms with van der Waals surface area (Å²) in [5.74, 6) is 0.899. The van der Waals surface area contributed by atoms with Gasteiger partial charge in [0.2, 0.25) is 0 Å². The van der Waals surface area contributed by atoms with Crippen LogP contribution in [0.1, 0.15) is 45.1 Å². The fourth-order valence-corrected chi connectivity index (χ4v) is 2.64. The number of hydrogen-bond donors (Lipinski definition) is 0. The van der Waals surface area contributed by atoms with Gasteiger partial charge in [-0.1, -0.05) is 57.0 Å². The van der Waals surface area contributed by atoms with Crippen molar-refractivity contribution in [1.82, 2.24) is 0 Å². The fraction of sp³-hybridized carbons (Fsp3) is 0.571. The number of benzene rings is 1. The molecular weight excluding hydrogens is 168 g/mol. The highest BCUT2D eigenvalue weighted by Gasteiger charge is 2.50. The summed E-state index contributed by atoms with van der Waals surface area (Å²) in [7, 11) is 0. The summed E-state index contributed by atoms with van der Waals surface area (Å²) in [6, 6.07) is 11.1. The van der Waals surface area contributed by atoms with Crippen LogP contribution in [0.15, 0.2) is 30.3 Å². The van der Waals surface area contributed by atoms with E-state index in [2.05, 4.69) is 44.2 Å². The molecule has 1 aromatic carbocycles. The van der Waals surface area contributed by atoms with Gasteiger partial charge in [-0.2, -0.15) is 0 Å². The van der Waals surface area contributed by atoms with E-state index in [9.17, 15) is 0 Å². The second-order valence-corrected chi connectivity index (χ2v) is 4.73. The first kappa shape index (κ1) is 9.76. The fourth-order valence-electron chi connectivity index (χ4n) is 2.64. The molecule has 0 nitrogen and oxygen atoms in total. The third-order valence-corrected chi connectivity index (χ3v) is 3.78. The van der Waals surface area contributed by atoms with E-state index in [-0.39, 0.29) is 0 Å². The Morgan fingerprint density at radius 3 is 2.43 bits per heavy atom. The molecule has 1 aromatic rings. The van der Waals surface area contributed by atoms with Crippen molar-refractivity contribution >= 4 is 0 Å².